The standard InChI is InChI=1S/C16H18ClNO/c1-11-7-8-13(9-15(11)17)10-18-16-6-4-3-5-14(16)12(2)19/h3-9,12,18-19H,10H2,1-2H3. The van der Waals surface area contributed by atoms with Crippen molar-refractivity contribution >= 4 is 17.3 Å². The second-order valence-electron chi connectivity index (χ2n) is 4.70. The van der Waals surface area contributed by atoms with Gasteiger partial charge in [-0.2, -0.15) is 0 Å². The van der Waals surface area contributed by atoms with Gasteiger partial charge in [0, 0.05) is 22.8 Å². The number of benzene rings is 2. The molecule has 1 atom stereocenters. The van der Waals surface area contributed by atoms with Crippen LogP contribution in [0.25, 0.3) is 0 Å². The molecule has 2 aromatic rings. The molecule has 2 N–H and O–H groups in total. The van der Waals surface area contributed by atoms with Crippen molar-refractivity contribution in [3.63, 3.8) is 0 Å². The van der Waals surface area contributed by atoms with Gasteiger partial charge in [0.2, 0.25) is 0 Å². The molecule has 0 bridgehead atoms. The molecule has 0 saturated heterocycles. The highest BCUT2D eigenvalue weighted by Gasteiger charge is 2.06. The van der Waals surface area contributed by atoms with Crippen LogP contribution in [0, 0.1) is 6.92 Å². The van der Waals surface area contributed by atoms with E-state index in [9.17, 15) is 5.11 Å². The van der Waals surface area contributed by atoms with Gasteiger partial charge in [-0.05, 0) is 37.1 Å². The fraction of sp³-hybridized carbons (Fsp3) is 0.250. The van der Waals surface area contributed by atoms with Crippen molar-refractivity contribution < 1.29 is 5.11 Å². The third-order valence-electron chi connectivity index (χ3n) is 3.13. The summed E-state index contributed by atoms with van der Waals surface area (Å²) in [6.07, 6.45) is -0.481. The number of nitrogens with one attached hydrogen (secondary N) is 1. The lowest BCUT2D eigenvalue weighted by atomic mass is 10.1. The summed E-state index contributed by atoms with van der Waals surface area (Å²) >= 11 is 6.11. The number of para-hydroxylation sites is 1. The molecule has 0 amide bonds. The van der Waals surface area contributed by atoms with Crippen molar-refractivity contribution in [3.8, 4) is 0 Å². The smallest absolute Gasteiger partial charge is 0.0781 e. The van der Waals surface area contributed by atoms with Gasteiger partial charge in [-0.15, -0.1) is 0 Å². The minimum atomic E-state index is -0.481. The predicted molar refractivity (Wildman–Crippen MR) is 80.6 cm³/mol. The number of hydrogen-bond acceptors (Lipinski definition) is 2. The number of halogens is 1. The fourth-order valence-electron chi connectivity index (χ4n) is 1.97. The summed E-state index contributed by atoms with van der Waals surface area (Å²) in [7, 11) is 0. The van der Waals surface area contributed by atoms with Crippen LogP contribution in [0.3, 0.4) is 0 Å². The van der Waals surface area contributed by atoms with Crippen LogP contribution in [-0.2, 0) is 6.54 Å². The SMILES string of the molecule is Cc1ccc(CNc2ccccc2C(C)O)cc1Cl. The fourth-order valence-corrected chi connectivity index (χ4v) is 2.17. The minimum Gasteiger partial charge on any atom is -0.389 e. The third-order valence-corrected chi connectivity index (χ3v) is 3.54. The highest BCUT2D eigenvalue weighted by atomic mass is 35.5. The van der Waals surface area contributed by atoms with Gasteiger partial charge in [0.1, 0.15) is 0 Å². The molecule has 2 nitrogen and oxygen atoms in total. The monoisotopic (exact) mass is 275 g/mol. The lowest BCUT2D eigenvalue weighted by molar-refractivity contribution is 0.200. The summed E-state index contributed by atoms with van der Waals surface area (Å²) in [6, 6.07) is 13.8. The molecule has 0 aliphatic heterocycles. The van der Waals surface area contributed by atoms with E-state index in [0.29, 0.717) is 6.54 Å². The van der Waals surface area contributed by atoms with Crippen molar-refractivity contribution in [1.82, 2.24) is 0 Å². The number of anilines is 1. The number of aryl methyl sites for hydroxylation is 1. The highest BCUT2D eigenvalue weighted by Crippen LogP contribution is 2.23. The van der Waals surface area contributed by atoms with E-state index in [-0.39, 0.29) is 0 Å². The largest absolute Gasteiger partial charge is 0.389 e. The maximum absolute atomic E-state index is 9.72. The van der Waals surface area contributed by atoms with E-state index in [0.717, 1.165) is 27.4 Å². The molecule has 0 aliphatic rings. The topological polar surface area (TPSA) is 32.3 Å². The molecule has 0 heterocycles. The van der Waals surface area contributed by atoms with Gasteiger partial charge in [0.25, 0.3) is 0 Å². The van der Waals surface area contributed by atoms with Crippen molar-refractivity contribution in [2.45, 2.75) is 26.5 Å². The summed E-state index contributed by atoms with van der Waals surface area (Å²) in [5, 5.41) is 13.8. The Morgan fingerprint density at radius 1 is 1.21 bits per heavy atom. The molecule has 19 heavy (non-hydrogen) atoms. The van der Waals surface area contributed by atoms with Crippen molar-refractivity contribution in [2.24, 2.45) is 0 Å². The summed E-state index contributed by atoms with van der Waals surface area (Å²) < 4.78 is 0. The molecule has 0 spiro atoms. The molecule has 100 valence electrons. The summed E-state index contributed by atoms with van der Waals surface area (Å²) in [5.41, 5.74) is 4.06. The summed E-state index contributed by atoms with van der Waals surface area (Å²) in [5.74, 6) is 0. The first-order chi connectivity index (χ1) is 9.08. The van der Waals surface area contributed by atoms with Gasteiger partial charge in [-0.1, -0.05) is 41.9 Å². The number of aliphatic hydroxyl groups excluding tert-OH is 1. The van der Waals surface area contributed by atoms with E-state index in [2.05, 4.69) is 11.4 Å². The van der Waals surface area contributed by atoms with Gasteiger partial charge >= 0.3 is 0 Å². The van der Waals surface area contributed by atoms with E-state index in [1.807, 2.05) is 43.3 Å². The van der Waals surface area contributed by atoms with Gasteiger partial charge in [-0.25, -0.2) is 0 Å². The Morgan fingerprint density at radius 2 is 1.95 bits per heavy atom. The van der Waals surface area contributed by atoms with Crippen LogP contribution in [0.15, 0.2) is 42.5 Å². The van der Waals surface area contributed by atoms with Gasteiger partial charge < -0.3 is 10.4 Å². The van der Waals surface area contributed by atoms with Crippen molar-refractivity contribution in [2.75, 3.05) is 5.32 Å². The average Bonchev–Trinajstić information content (AvgIpc) is 2.40. The third kappa shape index (κ3) is 3.49. The number of hydrogen-bond donors (Lipinski definition) is 2. The first-order valence-electron chi connectivity index (χ1n) is 6.34. The Hall–Kier alpha value is -1.51. The zero-order valence-electron chi connectivity index (χ0n) is 11.2. The summed E-state index contributed by atoms with van der Waals surface area (Å²) in [4.78, 5) is 0. The lowest BCUT2D eigenvalue weighted by Crippen LogP contribution is -2.04. The molecule has 3 heteroatoms. The van der Waals surface area contributed by atoms with E-state index in [1.54, 1.807) is 6.92 Å². The quantitative estimate of drug-likeness (QED) is 0.871. The van der Waals surface area contributed by atoms with Crippen LogP contribution in [0.2, 0.25) is 5.02 Å². The van der Waals surface area contributed by atoms with E-state index >= 15 is 0 Å². The Kier molecular flexibility index (Phi) is 4.46. The normalized spacial score (nSPS) is 12.2. The molecule has 0 radical (unpaired) electrons. The molecule has 0 aliphatic carbocycles. The molecule has 0 fully saturated rings. The number of rotatable bonds is 4. The van der Waals surface area contributed by atoms with E-state index in [4.69, 9.17) is 11.6 Å². The maximum atomic E-state index is 9.72. The second kappa shape index (κ2) is 6.09. The van der Waals surface area contributed by atoms with Crippen molar-refractivity contribution in [1.29, 1.82) is 0 Å². The molecule has 2 rings (SSSR count). The predicted octanol–water partition coefficient (Wildman–Crippen LogP) is 4.31. The van der Waals surface area contributed by atoms with Gasteiger partial charge in [0.15, 0.2) is 0 Å². The Balaban J connectivity index is 2.12. The van der Waals surface area contributed by atoms with Crippen molar-refractivity contribution in [3.05, 3.63) is 64.2 Å². The zero-order valence-corrected chi connectivity index (χ0v) is 11.9. The zero-order chi connectivity index (χ0) is 13.8. The van der Waals surface area contributed by atoms with Crippen LogP contribution < -0.4 is 5.32 Å². The molecule has 0 saturated carbocycles. The lowest BCUT2D eigenvalue weighted by Gasteiger charge is -2.14. The molecular formula is C16H18ClNO. The summed E-state index contributed by atoms with van der Waals surface area (Å²) in [6.45, 7) is 4.44. The second-order valence-corrected chi connectivity index (χ2v) is 5.11. The van der Waals surface area contributed by atoms with Crippen LogP contribution in [-0.4, -0.2) is 5.11 Å². The maximum Gasteiger partial charge on any atom is 0.0781 e. The molecule has 2 aromatic carbocycles. The van der Waals surface area contributed by atoms with Crippen LogP contribution in [0.1, 0.15) is 29.7 Å². The number of aliphatic hydroxyl groups is 1. The molecule has 0 aromatic heterocycles. The first kappa shape index (κ1) is 13.9. The Labute approximate surface area is 119 Å². The van der Waals surface area contributed by atoms with Gasteiger partial charge in [0.05, 0.1) is 6.10 Å². The van der Waals surface area contributed by atoms with E-state index in [1.165, 1.54) is 0 Å². The van der Waals surface area contributed by atoms with Crippen LogP contribution in [0.5, 0.6) is 0 Å². The Morgan fingerprint density at radius 3 is 2.63 bits per heavy atom. The molecular weight excluding hydrogens is 258 g/mol. The Bertz CT molecular complexity index is 566. The average molecular weight is 276 g/mol. The highest BCUT2D eigenvalue weighted by molar-refractivity contribution is 6.31. The first-order valence-corrected chi connectivity index (χ1v) is 6.71. The minimum absolute atomic E-state index is 0.481. The molecule has 1 unspecified atom stereocenters. The van der Waals surface area contributed by atoms with Gasteiger partial charge in [-0.3, -0.25) is 0 Å². The van der Waals surface area contributed by atoms with Crippen LogP contribution >= 0.6 is 11.6 Å². The van der Waals surface area contributed by atoms with E-state index < -0.39 is 6.10 Å². The van der Waals surface area contributed by atoms with Crippen LogP contribution in [0.4, 0.5) is 5.69 Å².